The van der Waals surface area contributed by atoms with Crippen LogP contribution in [0.2, 0.25) is 0 Å². The van der Waals surface area contributed by atoms with Crippen LogP contribution in [0, 0.1) is 6.92 Å². The summed E-state index contributed by atoms with van der Waals surface area (Å²) in [5, 5.41) is 12.8. The quantitative estimate of drug-likeness (QED) is 0.759. The van der Waals surface area contributed by atoms with E-state index in [-0.39, 0.29) is 6.10 Å². The van der Waals surface area contributed by atoms with Gasteiger partial charge in [-0.2, -0.15) is 0 Å². The standard InChI is InChI=1S/C13H20BrNO2/c1-10-3-4-11(13(14)7-10)8-15-6-5-12(16)9-17-2/h3-4,7,12,15-16H,5-6,8-9H2,1-2H3. The zero-order valence-electron chi connectivity index (χ0n) is 10.4. The molecule has 0 aliphatic carbocycles. The normalized spacial score (nSPS) is 12.7. The molecular formula is C13H20BrNO2. The number of methoxy groups -OCH3 is 1. The number of halogens is 1. The maximum atomic E-state index is 9.46. The fourth-order valence-electron chi connectivity index (χ4n) is 1.56. The highest BCUT2D eigenvalue weighted by Crippen LogP contribution is 2.17. The summed E-state index contributed by atoms with van der Waals surface area (Å²) in [5.41, 5.74) is 2.48. The van der Waals surface area contributed by atoms with Crippen molar-refractivity contribution in [3.8, 4) is 0 Å². The van der Waals surface area contributed by atoms with Gasteiger partial charge in [0.25, 0.3) is 0 Å². The van der Waals surface area contributed by atoms with Crippen LogP contribution in [-0.4, -0.2) is 31.5 Å². The van der Waals surface area contributed by atoms with Gasteiger partial charge in [-0.05, 0) is 37.1 Å². The summed E-state index contributed by atoms with van der Waals surface area (Å²) in [6, 6.07) is 6.32. The summed E-state index contributed by atoms with van der Waals surface area (Å²) >= 11 is 3.54. The summed E-state index contributed by atoms with van der Waals surface area (Å²) in [4.78, 5) is 0. The first kappa shape index (κ1) is 14.6. The van der Waals surface area contributed by atoms with E-state index < -0.39 is 0 Å². The summed E-state index contributed by atoms with van der Waals surface area (Å²) < 4.78 is 5.99. The minimum atomic E-state index is -0.381. The van der Waals surface area contributed by atoms with E-state index in [0.717, 1.165) is 17.6 Å². The van der Waals surface area contributed by atoms with Crippen LogP contribution in [0.1, 0.15) is 17.5 Å². The summed E-state index contributed by atoms with van der Waals surface area (Å²) in [6.45, 7) is 4.06. The van der Waals surface area contributed by atoms with Crippen LogP contribution in [0.3, 0.4) is 0 Å². The SMILES string of the molecule is COCC(O)CCNCc1ccc(C)cc1Br. The Kier molecular flexibility index (Phi) is 6.73. The predicted octanol–water partition coefficient (Wildman–Crippen LogP) is 2.24. The number of aliphatic hydroxyl groups excluding tert-OH is 1. The van der Waals surface area contributed by atoms with Crippen molar-refractivity contribution >= 4 is 15.9 Å². The highest BCUT2D eigenvalue weighted by atomic mass is 79.9. The fraction of sp³-hybridized carbons (Fsp3) is 0.538. The second kappa shape index (κ2) is 7.82. The van der Waals surface area contributed by atoms with E-state index in [4.69, 9.17) is 4.74 Å². The first-order valence-electron chi connectivity index (χ1n) is 5.76. The Morgan fingerprint density at radius 2 is 2.24 bits per heavy atom. The van der Waals surface area contributed by atoms with Crippen molar-refractivity contribution in [2.45, 2.75) is 26.0 Å². The first-order valence-corrected chi connectivity index (χ1v) is 6.55. The molecule has 1 aromatic carbocycles. The minimum absolute atomic E-state index is 0.381. The van der Waals surface area contributed by atoms with Crippen molar-refractivity contribution in [2.75, 3.05) is 20.3 Å². The molecule has 0 fully saturated rings. The van der Waals surface area contributed by atoms with Crippen LogP contribution >= 0.6 is 15.9 Å². The largest absolute Gasteiger partial charge is 0.391 e. The van der Waals surface area contributed by atoms with Crippen LogP contribution in [-0.2, 0) is 11.3 Å². The lowest BCUT2D eigenvalue weighted by molar-refractivity contribution is 0.0594. The molecule has 0 aliphatic rings. The van der Waals surface area contributed by atoms with E-state index in [1.54, 1.807) is 7.11 Å². The van der Waals surface area contributed by atoms with Gasteiger partial charge >= 0.3 is 0 Å². The smallest absolute Gasteiger partial charge is 0.0785 e. The van der Waals surface area contributed by atoms with E-state index in [9.17, 15) is 5.11 Å². The van der Waals surface area contributed by atoms with Crippen molar-refractivity contribution in [3.05, 3.63) is 33.8 Å². The summed E-state index contributed by atoms with van der Waals surface area (Å²) in [7, 11) is 1.60. The predicted molar refractivity (Wildman–Crippen MR) is 73.1 cm³/mol. The zero-order valence-corrected chi connectivity index (χ0v) is 12.0. The first-order chi connectivity index (χ1) is 8.13. The highest BCUT2D eigenvalue weighted by Gasteiger charge is 2.03. The number of hydrogen-bond donors (Lipinski definition) is 2. The summed E-state index contributed by atoms with van der Waals surface area (Å²) in [6.07, 6.45) is 0.325. The maximum Gasteiger partial charge on any atom is 0.0785 e. The van der Waals surface area contributed by atoms with Gasteiger partial charge in [0.2, 0.25) is 0 Å². The van der Waals surface area contributed by atoms with E-state index in [1.165, 1.54) is 11.1 Å². The third kappa shape index (κ3) is 5.64. The summed E-state index contributed by atoms with van der Waals surface area (Å²) in [5.74, 6) is 0. The average molecular weight is 302 g/mol. The second-order valence-electron chi connectivity index (χ2n) is 4.17. The minimum Gasteiger partial charge on any atom is -0.391 e. The third-order valence-corrected chi connectivity index (χ3v) is 3.28. The van der Waals surface area contributed by atoms with Crippen LogP contribution in [0.25, 0.3) is 0 Å². The topological polar surface area (TPSA) is 41.5 Å². The average Bonchev–Trinajstić information content (AvgIpc) is 2.27. The molecule has 0 radical (unpaired) electrons. The molecule has 1 atom stereocenters. The molecule has 1 rings (SSSR count). The molecule has 0 bridgehead atoms. The van der Waals surface area contributed by atoms with Gasteiger partial charge in [0.05, 0.1) is 12.7 Å². The molecule has 2 N–H and O–H groups in total. The Labute approximate surface area is 111 Å². The van der Waals surface area contributed by atoms with Crippen LogP contribution in [0.4, 0.5) is 0 Å². The van der Waals surface area contributed by atoms with Gasteiger partial charge in [-0.3, -0.25) is 0 Å². The van der Waals surface area contributed by atoms with E-state index in [0.29, 0.717) is 13.0 Å². The highest BCUT2D eigenvalue weighted by molar-refractivity contribution is 9.10. The van der Waals surface area contributed by atoms with E-state index in [1.807, 2.05) is 0 Å². The van der Waals surface area contributed by atoms with Crippen molar-refractivity contribution in [3.63, 3.8) is 0 Å². The molecule has 0 amide bonds. The van der Waals surface area contributed by atoms with Crippen LogP contribution < -0.4 is 5.32 Å². The van der Waals surface area contributed by atoms with Gasteiger partial charge in [0.15, 0.2) is 0 Å². The zero-order chi connectivity index (χ0) is 12.7. The molecule has 0 saturated heterocycles. The molecule has 17 heavy (non-hydrogen) atoms. The van der Waals surface area contributed by atoms with Gasteiger partial charge in [-0.1, -0.05) is 28.1 Å². The van der Waals surface area contributed by atoms with Crippen molar-refractivity contribution in [1.82, 2.24) is 5.32 Å². The Morgan fingerprint density at radius 1 is 1.47 bits per heavy atom. The number of nitrogens with one attached hydrogen (secondary N) is 1. The molecule has 96 valence electrons. The number of hydrogen-bond acceptors (Lipinski definition) is 3. The van der Waals surface area contributed by atoms with Crippen molar-refractivity contribution in [2.24, 2.45) is 0 Å². The number of aryl methyl sites for hydroxylation is 1. The molecule has 0 spiro atoms. The Bertz CT molecular complexity index is 344. The Hall–Kier alpha value is -0.420. The van der Waals surface area contributed by atoms with Crippen LogP contribution in [0.15, 0.2) is 22.7 Å². The van der Waals surface area contributed by atoms with Gasteiger partial charge < -0.3 is 15.2 Å². The van der Waals surface area contributed by atoms with Crippen molar-refractivity contribution < 1.29 is 9.84 Å². The molecule has 0 aliphatic heterocycles. The Morgan fingerprint density at radius 3 is 2.88 bits per heavy atom. The lowest BCUT2D eigenvalue weighted by Gasteiger charge is -2.11. The Balaban J connectivity index is 2.26. The van der Waals surface area contributed by atoms with Gasteiger partial charge in [-0.15, -0.1) is 0 Å². The fourth-order valence-corrected chi connectivity index (χ4v) is 2.20. The molecule has 4 heteroatoms. The lowest BCUT2D eigenvalue weighted by atomic mass is 10.1. The molecule has 0 aromatic heterocycles. The molecule has 3 nitrogen and oxygen atoms in total. The molecule has 0 saturated carbocycles. The van der Waals surface area contributed by atoms with Gasteiger partial charge in [0.1, 0.15) is 0 Å². The van der Waals surface area contributed by atoms with Gasteiger partial charge in [0, 0.05) is 18.1 Å². The number of aliphatic hydroxyl groups is 1. The van der Waals surface area contributed by atoms with Gasteiger partial charge in [-0.25, -0.2) is 0 Å². The molecular weight excluding hydrogens is 282 g/mol. The monoisotopic (exact) mass is 301 g/mol. The van der Waals surface area contributed by atoms with E-state index >= 15 is 0 Å². The number of ether oxygens (including phenoxy) is 1. The van der Waals surface area contributed by atoms with Crippen molar-refractivity contribution in [1.29, 1.82) is 0 Å². The second-order valence-corrected chi connectivity index (χ2v) is 5.02. The number of benzene rings is 1. The molecule has 1 aromatic rings. The third-order valence-electron chi connectivity index (χ3n) is 2.54. The van der Waals surface area contributed by atoms with E-state index in [2.05, 4.69) is 46.4 Å². The lowest BCUT2D eigenvalue weighted by Crippen LogP contribution is -2.23. The maximum absolute atomic E-state index is 9.46. The molecule has 1 unspecified atom stereocenters. The molecule has 0 heterocycles. The number of rotatable bonds is 7. The van der Waals surface area contributed by atoms with Crippen LogP contribution in [0.5, 0.6) is 0 Å².